The molecule has 0 radical (unpaired) electrons. The van der Waals surface area contributed by atoms with Crippen molar-refractivity contribution >= 4 is 23.4 Å². The van der Waals surface area contributed by atoms with Crippen molar-refractivity contribution in [1.29, 1.82) is 0 Å². The number of anilines is 1. The van der Waals surface area contributed by atoms with E-state index in [1.54, 1.807) is 4.90 Å². The van der Waals surface area contributed by atoms with Crippen LogP contribution in [0.15, 0.2) is 36.4 Å². The molecule has 1 aromatic rings. The molecule has 6 atom stereocenters. The maximum Gasteiger partial charge on any atom is 0.246 e. The van der Waals surface area contributed by atoms with Gasteiger partial charge in [0.1, 0.15) is 11.6 Å². The fourth-order valence-corrected chi connectivity index (χ4v) is 8.26. The van der Waals surface area contributed by atoms with Gasteiger partial charge in [0.15, 0.2) is 0 Å². The molecule has 5 aliphatic rings. The first-order valence-corrected chi connectivity index (χ1v) is 16.4. The maximum absolute atomic E-state index is 14.3. The van der Waals surface area contributed by atoms with Gasteiger partial charge in [-0.1, -0.05) is 70.7 Å². The number of benzene rings is 1. The normalized spacial score (nSPS) is 32.9. The fourth-order valence-electron chi connectivity index (χ4n) is 8.26. The SMILES string of the molecule is CC[C@@H]1CCCCN1CCN1C(=O)[C@H]2[C@H](C(=O)Nc3ccc(C(C)C)cc3)[C@H]3C=C[C@@]2(O3)[C@H]1C(=O)NC1CCCCC1. The van der Waals surface area contributed by atoms with Gasteiger partial charge in [-0.05, 0) is 62.3 Å². The van der Waals surface area contributed by atoms with Crippen LogP contribution >= 0.6 is 0 Å². The van der Waals surface area contributed by atoms with Crippen molar-refractivity contribution in [1.82, 2.24) is 15.1 Å². The second kappa shape index (κ2) is 12.1. The van der Waals surface area contributed by atoms with Gasteiger partial charge in [-0.2, -0.15) is 0 Å². The predicted octanol–water partition coefficient (Wildman–Crippen LogP) is 4.61. The first-order chi connectivity index (χ1) is 20.3. The first-order valence-electron chi connectivity index (χ1n) is 16.4. The number of rotatable bonds is 9. The van der Waals surface area contributed by atoms with Gasteiger partial charge in [-0.25, -0.2) is 0 Å². The number of carbonyl (C=O) groups excluding carboxylic acids is 3. The summed E-state index contributed by atoms with van der Waals surface area (Å²) < 4.78 is 6.55. The van der Waals surface area contributed by atoms with Gasteiger partial charge in [0.25, 0.3) is 0 Å². The number of piperidine rings is 1. The van der Waals surface area contributed by atoms with Gasteiger partial charge < -0.3 is 20.3 Å². The average molecular weight is 577 g/mol. The third-order valence-corrected chi connectivity index (χ3v) is 10.6. The van der Waals surface area contributed by atoms with Crippen LogP contribution in [-0.2, 0) is 19.1 Å². The van der Waals surface area contributed by atoms with Gasteiger partial charge in [0.05, 0.1) is 17.9 Å². The molecule has 2 N–H and O–H groups in total. The number of nitrogens with zero attached hydrogens (tertiary/aromatic N) is 2. The average Bonchev–Trinajstić information content (AvgIpc) is 3.64. The van der Waals surface area contributed by atoms with E-state index >= 15 is 0 Å². The Morgan fingerprint density at radius 3 is 2.45 bits per heavy atom. The Morgan fingerprint density at radius 2 is 1.74 bits per heavy atom. The van der Waals surface area contributed by atoms with Crippen LogP contribution in [0, 0.1) is 11.8 Å². The van der Waals surface area contributed by atoms with E-state index in [9.17, 15) is 14.4 Å². The molecular formula is C34H48N4O4. The number of carbonyl (C=O) groups is 3. The van der Waals surface area contributed by atoms with Crippen molar-refractivity contribution in [2.75, 3.05) is 25.0 Å². The minimum Gasteiger partial charge on any atom is -0.359 e. The zero-order valence-electron chi connectivity index (χ0n) is 25.5. The van der Waals surface area contributed by atoms with Gasteiger partial charge >= 0.3 is 0 Å². The van der Waals surface area contributed by atoms with Crippen LogP contribution in [-0.4, -0.2) is 77.0 Å². The fraction of sp³-hybridized carbons (Fsp3) is 0.676. The number of nitrogens with one attached hydrogen (secondary N) is 2. The van der Waals surface area contributed by atoms with Crippen LogP contribution in [0.25, 0.3) is 0 Å². The number of hydrogen-bond acceptors (Lipinski definition) is 5. The molecule has 228 valence electrons. The summed E-state index contributed by atoms with van der Waals surface area (Å²) in [6.07, 6.45) is 13.3. The quantitative estimate of drug-likeness (QED) is 0.419. The molecule has 2 bridgehead atoms. The predicted molar refractivity (Wildman–Crippen MR) is 163 cm³/mol. The van der Waals surface area contributed by atoms with Gasteiger partial charge in [-0.15, -0.1) is 0 Å². The highest BCUT2D eigenvalue weighted by molar-refractivity contribution is 6.02. The number of ether oxygens (including phenoxy) is 1. The van der Waals surface area contributed by atoms with Crippen LogP contribution in [0.3, 0.4) is 0 Å². The zero-order chi connectivity index (χ0) is 29.4. The molecule has 0 unspecified atom stereocenters. The van der Waals surface area contributed by atoms with Gasteiger partial charge in [0.2, 0.25) is 17.7 Å². The van der Waals surface area contributed by atoms with Crippen LogP contribution < -0.4 is 10.6 Å². The summed E-state index contributed by atoms with van der Waals surface area (Å²) in [6, 6.07) is 7.75. The smallest absolute Gasteiger partial charge is 0.246 e. The molecule has 4 aliphatic heterocycles. The van der Waals surface area contributed by atoms with Crippen molar-refractivity contribution in [3.8, 4) is 0 Å². The lowest BCUT2D eigenvalue weighted by molar-refractivity contribution is -0.141. The number of likely N-dealkylation sites (tertiary alicyclic amines) is 2. The molecule has 1 aliphatic carbocycles. The number of fused-ring (bicyclic) bond motifs is 1. The van der Waals surface area contributed by atoms with Crippen molar-refractivity contribution in [3.63, 3.8) is 0 Å². The van der Waals surface area contributed by atoms with E-state index in [0.717, 1.165) is 51.6 Å². The Balaban J connectivity index is 1.25. The van der Waals surface area contributed by atoms with Crippen LogP contribution in [0.1, 0.15) is 90.0 Å². The van der Waals surface area contributed by atoms with E-state index in [1.165, 1.54) is 24.8 Å². The molecule has 1 aromatic carbocycles. The molecule has 1 spiro atoms. The second-order valence-electron chi connectivity index (χ2n) is 13.4. The molecule has 8 nitrogen and oxygen atoms in total. The van der Waals surface area contributed by atoms with Crippen molar-refractivity contribution < 1.29 is 19.1 Å². The number of hydrogen-bond donors (Lipinski definition) is 2. The molecule has 6 rings (SSSR count). The Hall–Kier alpha value is -2.71. The lowest BCUT2D eigenvalue weighted by Crippen LogP contribution is -2.57. The Labute approximate surface area is 250 Å². The molecule has 3 amide bonds. The molecule has 42 heavy (non-hydrogen) atoms. The van der Waals surface area contributed by atoms with Crippen LogP contribution in [0.2, 0.25) is 0 Å². The van der Waals surface area contributed by atoms with E-state index < -0.39 is 29.6 Å². The summed E-state index contributed by atoms with van der Waals surface area (Å²) in [5.74, 6) is -1.49. The highest BCUT2D eigenvalue weighted by Crippen LogP contribution is 2.55. The monoisotopic (exact) mass is 576 g/mol. The largest absolute Gasteiger partial charge is 0.359 e. The van der Waals surface area contributed by atoms with E-state index in [4.69, 9.17) is 4.74 Å². The first kappa shape index (κ1) is 29.4. The molecule has 0 aromatic heterocycles. The maximum atomic E-state index is 14.3. The Bertz CT molecular complexity index is 1190. The molecule has 1 saturated carbocycles. The summed E-state index contributed by atoms with van der Waals surface area (Å²) in [5, 5.41) is 6.35. The summed E-state index contributed by atoms with van der Waals surface area (Å²) in [6.45, 7) is 8.71. The van der Waals surface area contributed by atoms with E-state index in [2.05, 4.69) is 36.3 Å². The molecular weight excluding hydrogens is 528 g/mol. The lowest BCUT2D eigenvalue weighted by Gasteiger charge is -2.38. The summed E-state index contributed by atoms with van der Waals surface area (Å²) in [5.41, 5.74) is 0.788. The van der Waals surface area contributed by atoms with Crippen LogP contribution in [0.4, 0.5) is 5.69 Å². The highest BCUT2D eigenvalue weighted by atomic mass is 16.5. The van der Waals surface area contributed by atoms with Crippen LogP contribution in [0.5, 0.6) is 0 Å². The third-order valence-electron chi connectivity index (χ3n) is 10.6. The summed E-state index contributed by atoms with van der Waals surface area (Å²) in [4.78, 5) is 46.4. The number of amides is 3. The van der Waals surface area contributed by atoms with Gasteiger partial charge in [-0.3, -0.25) is 19.3 Å². The van der Waals surface area contributed by atoms with Crippen molar-refractivity contribution in [3.05, 3.63) is 42.0 Å². The minimum atomic E-state index is -1.12. The topological polar surface area (TPSA) is 91.0 Å². The summed E-state index contributed by atoms with van der Waals surface area (Å²) >= 11 is 0. The standard InChI is InChI=1S/C34H48N4O4/c1-4-26-12-8-9-19-37(26)20-21-38-30(32(40)36-24-10-6-5-7-11-24)34-18-17-27(42-34)28(29(34)33(38)41)31(39)35-25-15-13-23(14-16-25)22(2)3/h13-18,22,24,26-30H,4-12,19-21H2,1-3H3,(H,35,39)(H,36,40)/t26-,27-,28-,29-,30-,34+/m1/s1. The Morgan fingerprint density at radius 1 is 1.00 bits per heavy atom. The van der Waals surface area contributed by atoms with E-state index in [-0.39, 0.29) is 23.8 Å². The second-order valence-corrected chi connectivity index (χ2v) is 13.4. The minimum absolute atomic E-state index is 0.126. The van der Waals surface area contributed by atoms with Crippen molar-refractivity contribution in [2.24, 2.45) is 11.8 Å². The highest BCUT2D eigenvalue weighted by Gasteiger charge is 2.72. The molecule has 3 saturated heterocycles. The molecule has 4 fully saturated rings. The lowest BCUT2D eigenvalue weighted by atomic mass is 9.74. The third kappa shape index (κ3) is 5.30. The Kier molecular flexibility index (Phi) is 8.47. The molecule has 4 heterocycles. The van der Waals surface area contributed by atoms with Crippen molar-refractivity contribution in [2.45, 2.75) is 114 Å². The zero-order valence-corrected chi connectivity index (χ0v) is 25.5. The van der Waals surface area contributed by atoms with Gasteiger partial charge in [0, 0.05) is 30.9 Å². The van der Waals surface area contributed by atoms with E-state index in [0.29, 0.717) is 24.2 Å². The summed E-state index contributed by atoms with van der Waals surface area (Å²) in [7, 11) is 0. The molecule has 8 heteroatoms. The van der Waals surface area contributed by atoms with E-state index in [1.807, 2.05) is 36.4 Å².